The van der Waals surface area contributed by atoms with Crippen LogP contribution in [-0.4, -0.2) is 0 Å². The van der Waals surface area contributed by atoms with Crippen molar-refractivity contribution in [3.63, 3.8) is 0 Å². The second-order valence-electron chi connectivity index (χ2n) is 16.0. The molecule has 0 radical (unpaired) electrons. The highest BCUT2D eigenvalue weighted by Crippen LogP contribution is 2.49. The molecule has 0 bridgehead atoms. The molecular weight excluding hydrogens is 767 g/mol. The first kappa shape index (κ1) is 36.5. The number of hydrogen-bond donors (Lipinski definition) is 0. The minimum atomic E-state index is 0.845. The molecule has 0 aliphatic carbocycles. The fourth-order valence-electron chi connectivity index (χ4n) is 9.35. The van der Waals surface area contributed by atoms with Crippen molar-refractivity contribution in [1.82, 2.24) is 0 Å². The monoisotopic (exact) mass is 805 g/mol. The number of anilines is 3. The Morgan fingerprint density at radius 2 is 0.762 bits per heavy atom. The molecule has 2 heterocycles. The third-order valence-electron chi connectivity index (χ3n) is 12.3. The van der Waals surface area contributed by atoms with E-state index in [0.717, 1.165) is 88.8 Å². The summed E-state index contributed by atoms with van der Waals surface area (Å²) in [6.07, 6.45) is 0. The summed E-state index contributed by atoms with van der Waals surface area (Å²) in [7, 11) is 0. The lowest BCUT2D eigenvalue weighted by atomic mass is 9.87. The highest BCUT2D eigenvalue weighted by Gasteiger charge is 2.24. The Bertz CT molecular complexity index is 3620. The van der Waals surface area contributed by atoms with Gasteiger partial charge in [0, 0.05) is 27.4 Å². The molecule has 0 saturated heterocycles. The molecule has 296 valence electrons. The molecule has 2 aromatic heterocycles. The molecule has 3 heteroatoms. The number of furan rings is 2. The summed E-state index contributed by atoms with van der Waals surface area (Å²) in [5.74, 6) is 0. The van der Waals surface area contributed by atoms with Crippen molar-refractivity contribution in [3.8, 4) is 55.6 Å². The molecule has 63 heavy (non-hydrogen) atoms. The summed E-state index contributed by atoms with van der Waals surface area (Å²) in [6.45, 7) is 0. The van der Waals surface area contributed by atoms with Crippen molar-refractivity contribution in [1.29, 1.82) is 0 Å². The first-order valence-electron chi connectivity index (χ1n) is 21.4. The molecule has 0 fully saturated rings. The molecule has 0 aliphatic rings. The van der Waals surface area contributed by atoms with E-state index in [2.05, 4.69) is 223 Å². The molecule has 0 spiro atoms. The van der Waals surface area contributed by atoms with E-state index < -0.39 is 0 Å². The van der Waals surface area contributed by atoms with Crippen LogP contribution in [0.1, 0.15) is 0 Å². The van der Waals surface area contributed by atoms with Crippen molar-refractivity contribution < 1.29 is 8.83 Å². The maximum absolute atomic E-state index is 6.51. The van der Waals surface area contributed by atoms with Crippen LogP contribution >= 0.6 is 0 Å². The highest BCUT2D eigenvalue weighted by atomic mass is 16.3. The minimum Gasteiger partial charge on any atom is -0.456 e. The van der Waals surface area contributed by atoms with Gasteiger partial charge in [-0.15, -0.1) is 0 Å². The Morgan fingerprint density at radius 3 is 1.54 bits per heavy atom. The zero-order valence-electron chi connectivity index (χ0n) is 34.3. The predicted molar refractivity (Wildman–Crippen MR) is 263 cm³/mol. The highest BCUT2D eigenvalue weighted by molar-refractivity contribution is 6.14. The van der Waals surface area contributed by atoms with E-state index in [0.29, 0.717) is 0 Å². The molecule has 3 nitrogen and oxygen atoms in total. The van der Waals surface area contributed by atoms with Crippen LogP contribution in [0.5, 0.6) is 0 Å². The molecule has 0 N–H and O–H groups in total. The number of benzene rings is 10. The Hall–Kier alpha value is -8.40. The fraction of sp³-hybridized carbons (Fsp3) is 0. The zero-order chi connectivity index (χ0) is 41.7. The number of rotatable bonds is 8. The number of hydrogen-bond acceptors (Lipinski definition) is 3. The standard InChI is InChI=1S/C60H39NO2/c1-3-16-40(17-4-1)43-32-36-46(42-18-5-2-6-19-42)53(38-43)48-21-8-7-20-47(48)49-22-9-12-25-54(49)61(55-26-15-29-58-60(55)52-24-11-14-28-57(52)62-58)45-34-30-41(31-35-45)44-33-37-51-50-23-10-13-27-56(50)63-59(51)39-44/h1-39H. The van der Waals surface area contributed by atoms with Gasteiger partial charge in [-0.1, -0.05) is 176 Å². The van der Waals surface area contributed by atoms with Gasteiger partial charge < -0.3 is 13.7 Å². The van der Waals surface area contributed by atoms with E-state index in [9.17, 15) is 0 Å². The summed E-state index contributed by atoms with van der Waals surface area (Å²) in [5, 5.41) is 4.40. The lowest BCUT2D eigenvalue weighted by Crippen LogP contribution is -2.11. The van der Waals surface area contributed by atoms with Crippen LogP contribution in [0.4, 0.5) is 17.1 Å². The quantitative estimate of drug-likeness (QED) is 0.153. The van der Waals surface area contributed by atoms with E-state index in [4.69, 9.17) is 8.83 Å². The van der Waals surface area contributed by atoms with E-state index in [1.165, 1.54) is 27.8 Å². The Balaban J connectivity index is 1.06. The Kier molecular flexibility index (Phi) is 8.83. The van der Waals surface area contributed by atoms with Gasteiger partial charge in [0.2, 0.25) is 0 Å². The minimum absolute atomic E-state index is 0.845. The lowest BCUT2D eigenvalue weighted by molar-refractivity contribution is 0.668. The summed E-state index contributed by atoms with van der Waals surface area (Å²) in [4.78, 5) is 2.40. The molecule has 0 amide bonds. The Labute approximate surface area is 365 Å². The van der Waals surface area contributed by atoms with Gasteiger partial charge in [-0.2, -0.15) is 0 Å². The van der Waals surface area contributed by atoms with Gasteiger partial charge in [0.15, 0.2) is 0 Å². The van der Waals surface area contributed by atoms with Crippen molar-refractivity contribution >= 4 is 60.9 Å². The van der Waals surface area contributed by atoms with Gasteiger partial charge in [0.1, 0.15) is 22.3 Å². The molecule has 12 aromatic rings. The van der Waals surface area contributed by atoms with E-state index in [1.807, 2.05) is 18.2 Å². The van der Waals surface area contributed by atoms with Crippen LogP contribution in [0, 0.1) is 0 Å². The molecule has 12 rings (SSSR count). The number of nitrogens with zero attached hydrogens (tertiary/aromatic N) is 1. The average molecular weight is 806 g/mol. The summed E-state index contributed by atoms with van der Waals surface area (Å²) < 4.78 is 12.8. The second kappa shape index (κ2) is 15.3. The summed E-state index contributed by atoms with van der Waals surface area (Å²) >= 11 is 0. The number of para-hydroxylation sites is 3. The molecule has 0 atom stereocenters. The van der Waals surface area contributed by atoms with Crippen LogP contribution in [0.25, 0.3) is 99.5 Å². The lowest BCUT2D eigenvalue weighted by Gasteiger charge is -2.29. The van der Waals surface area contributed by atoms with Gasteiger partial charge in [-0.25, -0.2) is 0 Å². The molecule has 0 saturated carbocycles. The normalized spacial score (nSPS) is 11.5. The molecule has 0 aliphatic heterocycles. The van der Waals surface area contributed by atoms with Crippen LogP contribution in [0.3, 0.4) is 0 Å². The van der Waals surface area contributed by atoms with Crippen molar-refractivity contribution in [2.24, 2.45) is 0 Å². The Morgan fingerprint density at radius 1 is 0.254 bits per heavy atom. The van der Waals surface area contributed by atoms with Crippen LogP contribution < -0.4 is 4.90 Å². The van der Waals surface area contributed by atoms with Gasteiger partial charge in [0.25, 0.3) is 0 Å². The molecule has 0 unspecified atom stereocenters. The third-order valence-corrected chi connectivity index (χ3v) is 12.3. The van der Waals surface area contributed by atoms with Crippen LogP contribution in [-0.2, 0) is 0 Å². The first-order valence-corrected chi connectivity index (χ1v) is 21.4. The van der Waals surface area contributed by atoms with Gasteiger partial charge in [0.05, 0.1) is 16.8 Å². The van der Waals surface area contributed by atoms with E-state index in [1.54, 1.807) is 0 Å². The largest absolute Gasteiger partial charge is 0.456 e. The zero-order valence-corrected chi connectivity index (χ0v) is 34.3. The first-order chi connectivity index (χ1) is 31.2. The van der Waals surface area contributed by atoms with E-state index >= 15 is 0 Å². The predicted octanol–water partition coefficient (Wildman–Crippen LogP) is 17.3. The van der Waals surface area contributed by atoms with Crippen LogP contribution in [0.15, 0.2) is 245 Å². The van der Waals surface area contributed by atoms with Gasteiger partial charge in [-0.05, 0) is 111 Å². The van der Waals surface area contributed by atoms with Crippen LogP contribution in [0.2, 0.25) is 0 Å². The molecule has 10 aromatic carbocycles. The number of fused-ring (bicyclic) bond motifs is 6. The topological polar surface area (TPSA) is 29.5 Å². The fourth-order valence-corrected chi connectivity index (χ4v) is 9.35. The van der Waals surface area contributed by atoms with Crippen molar-refractivity contribution in [3.05, 3.63) is 237 Å². The van der Waals surface area contributed by atoms with Crippen molar-refractivity contribution in [2.75, 3.05) is 4.90 Å². The SMILES string of the molecule is c1ccc(-c2ccc(-c3ccccc3)c(-c3ccccc3-c3ccccc3N(c3ccc(-c4ccc5c(c4)oc4ccccc45)cc3)c3cccc4oc5ccccc5c34)c2)cc1. The van der Waals surface area contributed by atoms with E-state index in [-0.39, 0.29) is 0 Å². The molecular formula is C60H39NO2. The maximum atomic E-state index is 6.51. The second-order valence-corrected chi connectivity index (χ2v) is 16.0. The third kappa shape index (κ3) is 6.38. The smallest absolute Gasteiger partial charge is 0.137 e. The summed E-state index contributed by atoms with van der Waals surface area (Å²) in [6, 6.07) is 84.3. The maximum Gasteiger partial charge on any atom is 0.137 e. The van der Waals surface area contributed by atoms with Crippen molar-refractivity contribution in [2.45, 2.75) is 0 Å². The van der Waals surface area contributed by atoms with Gasteiger partial charge in [-0.3, -0.25) is 0 Å². The van der Waals surface area contributed by atoms with Gasteiger partial charge >= 0.3 is 0 Å². The summed E-state index contributed by atoms with van der Waals surface area (Å²) in [5.41, 5.74) is 18.1. The average Bonchev–Trinajstić information content (AvgIpc) is 3.93.